The van der Waals surface area contributed by atoms with Crippen molar-refractivity contribution < 1.29 is 14.4 Å². The van der Waals surface area contributed by atoms with Crippen molar-refractivity contribution in [1.29, 1.82) is 0 Å². The lowest BCUT2D eigenvalue weighted by atomic mass is 9.93. The molecule has 1 aromatic carbocycles. The zero-order valence-electron chi connectivity index (χ0n) is 11.2. The normalized spacial score (nSPS) is 11.1. The molecule has 1 aromatic rings. The van der Waals surface area contributed by atoms with Crippen LogP contribution in [0.2, 0.25) is 0 Å². The molecule has 18 heavy (non-hydrogen) atoms. The van der Waals surface area contributed by atoms with Gasteiger partial charge in [0.2, 0.25) is 0 Å². The third-order valence-corrected chi connectivity index (χ3v) is 2.47. The van der Waals surface area contributed by atoms with Crippen LogP contribution in [-0.2, 0) is 0 Å². The Labute approximate surface area is 107 Å². The average molecular weight is 253 g/mol. The fourth-order valence-corrected chi connectivity index (χ4v) is 1.36. The van der Waals surface area contributed by atoms with E-state index >= 15 is 0 Å². The van der Waals surface area contributed by atoms with Gasteiger partial charge in [0, 0.05) is 0 Å². The Hall–Kier alpha value is -1.78. The molecule has 0 aliphatic rings. The number of nitro benzene ring substituents is 1. The summed E-state index contributed by atoms with van der Waals surface area (Å²) < 4.78 is 10.4. The fraction of sp³-hybridized carbons (Fsp3) is 0.538. The Balaban J connectivity index is 2.79. The second-order valence-electron chi connectivity index (χ2n) is 5.25. The quantitative estimate of drug-likeness (QED) is 0.596. The molecular formula is C13H19NO4. The minimum absolute atomic E-state index is 0.0664. The molecule has 0 aliphatic carbocycles. The third-order valence-electron chi connectivity index (χ3n) is 2.47. The molecule has 0 fully saturated rings. The lowest BCUT2D eigenvalue weighted by Gasteiger charge is -2.18. The third kappa shape index (κ3) is 4.24. The average Bonchev–Trinajstić information content (AvgIpc) is 2.27. The van der Waals surface area contributed by atoms with Crippen LogP contribution < -0.4 is 9.47 Å². The highest BCUT2D eigenvalue weighted by atomic mass is 16.6. The smallest absolute Gasteiger partial charge is 0.314 e. The van der Waals surface area contributed by atoms with Crippen molar-refractivity contribution in [3.8, 4) is 11.5 Å². The molecule has 0 aromatic heterocycles. The summed E-state index contributed by atoms with van der Waals surface area (Å²) in [6.45, 7) is 6.74. The van der Waals surface area contributed by atoms with Gasteiger partial charge in [0.15, 0.2) is 5.75 Å². The standard InChI is InChI=1S/C13H19NO4/c1-13(2,3)7-8-18-12-6-5-10(17-4)9-11(12)14(15)16/h5-6,9H,7-8H2,1-4H3. The summed E-state index contributed by atoms with van der Waals surface area (Å²) in [4.78, 5) is 10.5. The Morgan fingerprint density at radius 1 is 1.33 bits per heavy atom. The second-order valence-corrected chi connectivity index (χ2v) is 5.25. The van der Waals surface area contributed by atoms with Crippen molar-refractivity contribution in [1.82, 2.24) is 0 Å². The van der Waals surface area contributed by atoms with Crippen LogP contribution in [0.15, 0.2) is 18.2 Å². The van der Waals surface area contributed by atoms with Gasteiger partial charge in [-0.25, -0.2) is 0 Å². The van der Waals surface area contributed by atoms with Crippen LogP contribution in [0.1, 0.15) is 27.2 Å². The van der Waals surface area contributed by atoms with Crippen LogP contribution in [0.25, 0.3) is 0 Å². The minimum atomic E-state index is -0.463. The molecule has 0 atom stereocenters. The van der Waals surface area contributed by atoms with E-state index in [2.05, 4.69) is 20.8 Å². The van der Waals surface area contributed by atoms with Gasteiger partial charge in [-0.3, -0.25) is 10.1 Å². The first-order valence-electron chi connectivity index (χ1n) is 5.79. The summed E-state index contributed by atoms with van der Waals surface area (Å²) in [7, 11) is 1.47. The summed E-state index contributed by atoms with van der Waals surface area (Å²) >= 11 is 0. The molecule has 5 heteroatoms. The zero-order valence-corrected chi connectivity index (χ0v) is 11.2. The van der Waals surface area contributed by atoms with Gasteiger partial charge in [0.25, 0.3) is 0 Å². The minimum Gasteiger partial charge on any atom is -0.496 e. The van der Waals surface area contributed by atoms with E-state index in [9.17, 15) is 10.1 Å². The molecule has 0 N–H and O–H groups in total. The molecule has 0 heterocycles. The van der Waals surface area contributed by atoms with Gasteiger partial charge in [0.05, 0.1) is 24.7 Å². The number of nitrogens with zero attached hydrogens (tertiary/aromatic N) is 1. The Bertz CT molecular complexity index is 423. The number of hydrogen-bond acceptors (Lipinski definition) is 4. The van der Waals surface area contributed by atoms with E-state index in [0.717, 1.165) is 6.42 Å². The van der Waals surface area contributed by atoms with Crippen molar-refractivity contribution in [2.75, 3.05) is 13.7 Å². The van der Waals surface area contributed by atoms with Crippen LogP contribution >= 0.6 is 0 Å². The van der Waals surface area contributed by atoms with E-state index in [4.69, 9.17) is 9.47 Å². The highest BCUT2D eigenvalue weighted by molar-refractivity contribution is 5.50. The number of ether oxygens (including phenoxy) is 2. The van der Waals surface area contributed by atoms with E-state index in [1.807, 2.05) is 0 Å². The maximum absolute atomic E-state index is 10.9. The van der Waals surface area contributed by atoms with Crippen molar-refractivity contribution in [2.24, 2.45) is 5.41 Å². The predicted molar refractivity (Wildman–Crippen MR) is 69.2 cm³/mol. The van der Waals surface area contributed by atoms with Gasteiger partial charge in [0.1, 0.15) is 5.75 Å². The van der Waals surface area contributed by atoms with Gasteiger partial charge in [-0.1, -0.05) is 20.8 Å². The van der Waals surface area contributed by atoms with Gasteiger partial charge >= 0.3 is 5.69 Å². The Kier molecular flexibility index (Phi) is 4.53. The van der Waals surface area contributed by atoms with E-state index in [1.165, 1.54) is 13.2 Å². The monoisotopic (exact) mass is 253 g/mol. The van der Waals surface area contributed by atoms with Crippen LogP contribution in [-0.4, -0.2) is 18.6 Å². The lowest BCUT2D eigenvalue weighted by molar-refractivity contribution is -0.386. The molecule has 0 unspecified atom stereocenters. The summed E-state index contributed by atoms with van der Waals surface area (Å²) in [6, 6.07) is 4.59. The van der Waals surface area contributed by atoms with Crippen molar-refractivity contribution in [3.05, 3.63) is 28.3 Å². The molecule has 0 spiro atoms. The molecule has 1 rings (SSSR count). The van der Waals surface area contributed by atoms with Gasteiger partial charge in [-0.15, -0.1) is 0 Å². The molecule has 0 bridgehead atoms. The SMILES string of the molecule is COc1ccc(OCCC(C)(C)C)c([N+](=O)[O-])c1. The molecule has 0 amide bonds. The first-order valence-corrected chi connectivity index (χ1v) is 5.79. The van der Waals surface area contributed by atoms with Crippen molar-refractivity contribution in [3.63, 3.8) is 0 Å². The molecule has 0 radical (unpaired) electrons. The van der Waals surface area contributed by atoms with Crippen LogP contribution in [0.3, 0.4) is 0 Å². The zero-order chi connectivity index (χ0) is 13.8. The van der Waals surface area contributed by atoms with Crippen molar-refractivity contribution in [2.45, 2.75) is 27.2 Å². The van der Waals surface area contributed by atoms with E-state index in [-0.39, 0.29) is 16.9 Å². The summed E-state index contributed by atoms with van der Waals surface area (Å²) in [5.74, 6) is 0.731. The largest absolute Gasteiger partial charge is 0.496 e. The lowest BCUT2D eigenvalue weighted by Crippen LogP contribution is -2.11. The Morgan fingerprint density at radius 3 is 2.50 bits per heavy atom. The number of methoxy groups -OCH3 is 1. The van der Waals surface area contributed by atoms with Gasteiger partial charge < -0.3 is 9.47 Å². The maximum atomic E-state index is 10.9. The molecule has 5 nitrogen and oxygen atoms in total. The summed E-state index contributed by atoms with van der Waals surface area (Å²) in [6.07, 6.45) is 0.830. The van der Waals surface area contributed by atoms with E-state index in [1.54, 1.807) is 12.1 Å². The topological polar surface area (TPSA) is 61.6 Å². The molecule has 0 saturated carbocycles. The number of hydrogen-bond donors (Lipinski definition) is 0. The highest BCUT2D eigenvalue weighted by Crippen LogP contribution is 2.31. The number of benzene rings is 1. The van der Waals surface area contributed by atoms with Crippen molar-refractivity contribution >= 4 is 5.69 Å². The van der Waals surface area contributed by atoms with E-state index < -0.39 is 4.92 Å². The summed E-state index contributed by atoms with van der Waals surface area (Å²) in [5, 5.41) is 10.9. The molecule has 0 aliphatic heterocycles. The first-order chi connectivity index (χ1) is 8.33. The number of rotatable bonds is 5. The second kappa shape index (κ2) is 5.71. The number of nitro groups is 1. The Morgan fingerprint density at radius 2 is 2.00 bits per heavy atom. The molecule has 0 saturated heterocycles. The molecular weight excluding hydrogens is 234 g/mol. The van der Waals surface area contributed by atoms with Crippen LogP contribution in [0.4, 0.5) is 5.69 Å². The highest BCUT2D eigenvalue weighted by Gasteiger charge is 2.17. The fourth-order valence-electron chi connectivity index (χ4n) is 1.36. The predicted octanol–water partition coefficient (Wildman–Crippen LogP) is 3.42. The van der Waals surface area contributed by atoms with Crippen LogP contribution in [0.5, 0.6) is 11.5 Å². The van der Waals surface area contributed by atoms with E-state index in [0.29, 0.717) is 12.4 Å². The first kappa shape index (κ1) is 14.3. The summed E-state index contributed by atoms with van der Waals surface area (Å²) in [5.41, 5.74) is 0.0737. The van der Waals surface area contributed by atoms with Gasteiger partial charge in [-0.2, -0.15) is 0 Å². The van der Waals surface area contributed by atoms with Crippen LogP contribution in [0, 0.1) is 15.5 Å². The maximum Gasteiger partial charge on any atom is 0.314 e. The van der Waals surface area contributed by atoms with Gasteiger partial charge in [-0.05, 0) is 24.0 Å². The molecule has 100 valence electrons.